The Kier molecular flexibility index (Phi) is 5.83. The maximum Gasteiger partial charge on any atom is 0.0961 e. The van der Waals surface area contributed by atoms with Crippen molar-refractivity contribution in [1.82, 2.24) is 5.32 Å². The minimum absolute atomic E-state index is 0.221. The van der Waals surface area contributed by atoms with Crippen LogP contribution in [-0.4, -0.2) is 39.0 Å². The van der Waals surface area contributed by atoms with Crippen LogP contribution >= 0.6 is 0 Å². The molecule has 1 rings (SSSR count). The first-order chi connectivity index (χ1) is 6.88. The second kappa shape index (κ2) is 6.98. The molecular weight excluding hydrogens is 178 g/mol. The molecule has 0 bridgehead atoms. The Bertz CT molecular complexity index is 155. The van der Waals surface area contributed by atoms with Crippen LogP contribution in [0.25, 0.3) is 0 Å². The average Bonchev–Trinajstić information content (AvgIpc) is 2.26. The van der Waals surface area contributed by atoms with Gasteiger partial charge < -0.3 is 14.8 Å². The van der Waals surface area contributed by atoms with Crippen molar-refractivity contribution in [3.8, 4) is 0 Å². The third kappa shape index (κ3) is 3.78. The highest BCUT2D eigenvalue weighted by atomic mass is 16.6. The Morgan fingerprint density at radius 2 is 2.43 bits per heavy atom. The summed E-state index contributed by atoms with van der Waals surface area (Å²) >= 11 is 0. The van der Waals surface area contributed by atoms with E-state index in [9.17, 15) is 0 Å². The molecule has 1 saturated heterocycles. The fraction of sp³-hybridized carbons (Fsp3) is 0.818. The average molecular weight is 199 g/mol. The first kappa shape index (κ1) is 11.7. The number of nitrogens with one attached hydrogen (secondary N) is 1. The summed E-state index contributed by atoms with van der Waals surface area (Å²) in [6.07, 6.45) is 5.54. The van der Waals surface area contributed by atoms with Crippen LogP contribution in [0.5, 0.6) is 0 Å². The van der Waals surface area contributed by atoms with Crippen molar-refractivity contribution < 1.29 is 9.47 Å². The van der Waals surface area contributed by atoms with Gasteiger partial charge in [0, 0.05) is 6.04 Å². The van der Waals surface area contributed by atoms with E-state index >= 15 is 0 Å². The van der Waals surface area contributed by atoms with Crippen molar-refractivity contribution in [3.05, 3.63) is 12.7 Å². The second-order valence-electron chi connectivity index (χ2n) is 3.60. The standard InChI is InChI=1S/C11H21NO2/c1-3-4-5-6-10(12-2)11-9-13-7-8-14-11/h3,10-12H,1,4-9H2,2H3. The molecule has 2 atom stereocenters. The molecule has 1 fully saturated rings. The summed E-state index contributed by atoms with van der Waals surface area (Å²) in [6, 6.07) is 0.412. The lowest BCUT2D eigenvalue weighted by molar-refractivity contribution is -0.101. The lowest BCUT2D eigenvalue weighted by Crippen LogP contribution is -2.45. The minimum Gasteiger partial charge on any atom is -0.376 e. The molecule has 0 aromatic carbocycles. The molecule has 0 aromatic rings. The zero-order valence-electron chi connectivity index (χ0n) is 9.00. The molecule has 0 aliphatic carbocycles. The molecule has 3 heteroatoms. The molecule has 14 heavy (non-hydrogen) atoms. The second-order valence-corrected chi connectivity index (χ2v) is 3.60. The van der Waals surface area contributed by atoms with Crippen molar-refractivity contribution in [3.63, 3.8) is 0 Å². The summed E-state index contributed by atoms with van der Waals surface area (Å²) in [5, 5.41) is 3.29. The monoisotopic (exact) mass is 199 g/mol. The normalized spacial score (nSPS) is 24.5. The SMILES string of the molecule is C=CCCCC(NC)C1COCCO1. The van der Waals surface area contributed by atoms with Gasteiger partial charge in [-0.15, -0.1) is 6.58 Å². The van der Waals surface area contributed by atoms with Gasteiger partial charge in [0.25, 0.3) is 0 Å². The number of hydrogen-bond acceptors (Lipinski definition) is 3. The summed E-state index contributed by atoms with van der Waals surface area (Å²) in [4.78, 5) is 0. The van der Waals surface area contributed by atoms with E-state index in [4.69, 9.17) is 9.47 Å². The van der Waals surface area contributed by atoms with E-state index in [0.717, 1.165) is 39.1 Å². The molecule has 0 amide bonds. The fourth-order valence-corrected chi connectivity index (χ4v) is 1.74. The van der Waals surface area contributed by atoms with Crippen LogP contribution in [0, 0.1) is 0 Å². The van der Waals surface area contributed by atoms with Crippen LogP contribution in [-0.2, 0) is 9.47 Å². The first-order valence-electron chi connectivity index (χ1n) is 5.36. The topological polar surface area (TPSA) is 30.5 Å². The molecular formula is C11H21NO2. The number of allylic oxidation sites excluding steroid dienone is 1. The van der Waals surface area contributed by atoms with Gasteiger partial charge in [-0.3, -0.25) is 0 Å². The van der Waals surface area contributed by atoms with Crippen molar-refractivity contribution in [2.24, 2.45) is 0 Å². The van der Waals surface area contributed by atoms with Gasteiger partial charge in [-0.2, -0.15) is 0 Å². The molecule has 1 N–H and O–H groups in total. The summed E-state index contributed by atoms with van der Waals surface area (Å²) in [6.45, 7) is 5.90. The number of ether oxygens (including phenoxy) is 2. The Morgan fingerprint density at radius 1 is 1.57 bits per heavy atom. The predicted octanol–water partition coefficient (Wildman–Crippen LogP) is 1.35. The third-order valence-electron chi connectivity index (χ3n) is 2.58. The summed E-state index contributed by atoms with van der Waals surface area (Å²) in [5.41, 5.74) is 0. The Morgan fingerprint density at radius 3 is 3.00 bits per heavy atom. The number of hydrogen-bond donors (Lipinski definition) is 1. The van der Waals surface area contributed by atoms with E-state index in [1.807, 2.05) is 13.1 Å². The highest BCUT2D eigenvalue weighted by molar-refractivity contribution is 4.78. The molecule has 0 spiro atoms. The lowest BCUT2D eigenvalue weighted by atomic mass is 10.0. The largest absolute Gasteiger partial charge is 0.376 e. The smallest absolute Gasteiger partial charge is 0.0961 e. The van der Waals surface area contributed by atoms with Gasteiger partial charge in [0.2, 0.25) is 0 Å². The van der Waals surface area contributed by atoms with Gasteiger partial charge in [-0.1, -0.05) is 6.08 Å². The van der Waals surface area contributed by atoms with E-state index in [0.29, 0.717) is 6.04 Å². The van der Waals surface area contributed by atoms with Crippen LogP contribution in [0.2, 0.25) is 0 Å². The van der Waals surface area contributed by atoms with Crippen LogP contribution in [0.4, 0.5) is 0 Å². The Balaban J connectivity index is 2.24. The number of rotatable bonds is 6. The summed E-state index contributed by atoms with van der Waals surface area (Å²) in [7, 11) is 1.98. The van der Waals surface area contributed by atoms with E-state index < -0.39 is 0 Å². The predicted molar refractivity (Wildman–Crippen MR) is 57.5 cm³/mol. The quantitative estimate of drug-likeness (QED) is 0.517. The zero-order valence-corrected chi connectivity index (χ0v) is 9.00. The number of likely N-dealkylation sites (N-methyl/N-ethyl adjacent to an activating group) is 1. The van der Waals surface area contributed by atoms with E-state index in [1.165, 1.54) is 0 Å². The molecule has 3 nitrogen and oxygen atoms in total. The third-order valence-corrected chi connectivity index (χ3v) is 2.58. The minimum atomic E-state index is 0.221. The fourth-order valence-electron chi connectivity index (χ4n) is 1.74. The highest BCUT2D eigenvalue weighted by Gasteiger charge is 2.22. The molecule has 82 valence electrons. The van der Waals surface area contributed by atoms with Gasteiger partial charge in [0.05, 0.1) is 25.9 Å². The zero-order chi connectivity index (χ0) is 10.2. The molecule has 1 heterocycles. The maximum absolute atomic E-state index is 5.65. The molecule has 0 radical (unpaired) electrons. The molecule has 1 aliphatic rings. The van der Waals surface area contributed by atoms with Gasteiger partial charge >= 0.3 is 0 Å². The van der Waals surface area contributed by atoms with Crippen LogP contribution in [0.1, 0.15) is 19.3 Å². The van der Waals surface area contributed by atoms with Crippen molar-refractivity contribution in [2.45, 2.75) is 31.4 Å². The van der Waals surface area contributed by atoms with E-state index in [2.05, 4.69) is 11.9 Å². The van der Waals surface area contributed by atoms with Crippen molar-refractivity contribution in [2.75, 3.05) is 26.9 Å². The van der Waals surface area contributed by atoms with E-state index in [1.54, 1.807) is 0 Å². The molecule has 1 aliphatic heterocycles. The van der Waals surface area contributed by atoms with Gasteiger partial charge in [0.15, 0.2) is 0 Å². The van der Waals surface area contributed by atoms with Crippen molar-refractivity contribution >= 4 is 0 Å². The van der Waals surface area contributed by atoms with Crippen LogP contribution in [0.3, 0.4) is 0 Å². The van der Waals surface area contributed by atoms with Gasteiger partial charge in [-0.05, 0) is 26.3 Å². The first-order valence-corrected chi connectivity index (χ1v) is 5.36. The van der Waals surface area contributed by atoms with E-state index in [-0.39, 0.29) is 6.10 Å². The Labute approximate surface area is 86.5 Å². The van der Waals surface area contributed by atoms with Crippen LogP contribution < -0.4 is 5.32 Å². The maximum atomic E-state index is 5.65. The van der Waals surface area contributed by atoms with Crippen LogP contribution in [0.15, 0.2) is 12.7 Å². The Hall–Kier alpha value is -0.380. The van der Waals surface area contributed by atoms with Crippen molar-refractivity contribution in [1.29, 1.82) is 0 Å². The number of unbranched alkanes of at least 4 members (excludes halogenated alkanes) is 1. The summed E-state index contributed by atoms with van der Waals surface area (Å²) < 4.78 is 11.0. The summed E-state index contributed by atoms with van der Waals surface area (Å²) in [5.74, 6) is 0. The molecule has 0 aromatic heterocycles. The molecule has 0 saturated carbocycles. The van der Waals surface area contributed by atoms with Gasteiger partial charge in [-0.25, -0.2) is 0 Å². The lowest BCUT2D eigenvalue weighted by Gasteiger charge is -2.30. The molecule has 2 unspecified atom stereocenters. The highest BCUT2D eigenvalue weighted by Crippen LogP contribution is 2.11. The van der Waals surface area contributed by atoms with Gasteiger partial charge in [0.1, 0.15) is 0 Å².